The van der Waals surface area contributed by atoms with Gasteiger partial charge in [-0.05, 0) is 23.8 Å². The first-order valence-corrected chi connectivity index (χ1v) is 6.34. The highest BCUT2D eigenvalue weighted by atomic mass is 16.5. The van der Waals surface area contributed by atoms with Gasteiger partial charge in [-0.2, -0.15) is 0 Å². The van der Waals surface area contributed by atoms with Crippen LogP contribution in [0.5, 0.6) is 5.75 Å². The van der Waals surface area contributed by atoms with Gasteiger partial charge >= 0.3 is 0 Å². The van der Waals surface area contributed by atoms with Crippen LogP contribution in [0.1, 0.15) is 16.7 Å². The first kappa shape index (κ1) is 12.4. The monoisotopic (exact) mass is 269 g/mol. The second kappa shape index (κ2) is 4.80. The van der Waals surface area contributed by atoms with Crippen LogP contribution in [0.4, 0.5) is 11.6 Å². The number of nitrogen functional groups attached to an aromatic ring is 1. The van der Waals surface area contributed by atoms with E-state index in [0.29, 0.717) is 29.5 Å². The summed E-state index contributed by atoms with van der Waals surface area (Å²) in [7, 11) is 1.75. The summed E-state index contributed by atoms with van der Waals surface area (Å²) in [5, 5.41) is 11.3. The minimum atomic E-state index is 0.297. The molecular weight excluding hydrogens is 254 g/mol. The van der Waals surface area contributed by atoms with Gasteiger partial charge in [0.15, 0.2) is 0 Å². The SMILES string of the molecule is CNc1ncnc(N)c1C(=N)c1ccc2c(c1)CCO2. The summed E-state index contributed by atoms with van der Waals surface area (Å²) in [6.45, 7) is 0.699. The first-order valence-electron chi connectivity index (χ1n) is 6.34. The van der Waals surface area contributed by atoms with Crippen molar-refractivity contribution in [2.45, 2.75) is 6.42 Å². The summed E-state index contributed by atoms with van der Waals surface area (Å²) < 4.78 is 5.48. The van der Waals surface area contributed by atoms with Gasteiger partial charge in [-0.1, -0.05) is 0 Å². The van der Waals surface area contributed by atoms with E-state index in [9.17, 15) is 0 Å². The highest BCUT2D eigenvalue weighted by molar-refractivity contribution is 6.16. The molecular formula is C14H15N5O. The lowest BCUT2D eigenvalue weighted by atomic mass is 10.00. The number of nitrogens with zero attached hydrogens (tertiary/aromatic N) is 2. The van der Waals surface area contributed by atoms with E-state index in [2.05, 4.69) is 15.3 Å². The maximum absolute atomic E-state index is 8.38. The third-order valence-electron chi connectivity index (χ3n) is 3.34. The Morgan fingerprint density at radius 3 is 3.05 bits per heavy atom. The Hall–Kier alpha value is -2.63. The van der Waals surface area contributed by atoms with Gasteiger partial charge in [-0.15, -0.1) is 0 Å². The second-order valence-electron chi connectivity index (χ2n) is 4.53. The Labute approximate surface area is 116 Å². The Bertz CT molecular complexity index is 683. The standard InChI is InChI=1S/C14H15N5O/c1-17-14-11(13(16)18-7-19-14)12(15)9-2-3-10-8(6-9)4-5-20-10/h2-3,6-7,15H,4-5H2,1H3,(H3,16,17,18,19). The van der Waals surface area contributed by atoms with E-state index in [4.69, 9.17) is 15.9 Å². The number of fused-ring (bicyclic) bond motifs is 1. The van der Waals surface area contributed by atoms with E-state index in [1.54, 1.807) is 7.05 Å². The Morgan fingerprint density at radius 1 is 1.40 bits per heavy atom. The van der Waals surface area contributed by atoms with Crippen LogP contribution in [0.25, 0.3) is 0 Å². The number of rotatable bonds is 3. The Kier molecular flexibility index (Phi) is 2.98. The van der Waals surface area contributed by atoms with E-state index in [1.165, 1.54) is 6.33 Å². The molecule has 6 nitrogen and oxygen atoms in total. The van der Waals surface area contributed by atoms with E-state index in [0.717, 1.165) is 23.3 Å². The van der Waals surface area contributed by atoms with Crippen LogP contribution in [-0.2, 0) is 6.42 Å². The van der Waals surface area contributed by atoms with Crippen LogP contribution in [0.2, 0.25) is 0 Å². The number of anilines is 2. The molecule has 1 aliphatic rings. The molecule has 1 aromatic heterocycles. The average Bonchev–Trinajstić information content (AvgIpc) is 2.93. The number of benzene rings is 1. The zero-order valence-electron chi connectivity index (χ0n) is 11.1. The number of ether oxygens (including phenoxy) is 1. The van der Waals surface area contributed by atoms with Crippen LogP contribution in [0.3, 0.4) is 0 Å². The van der Waals surface area contributed by atoms with Crippen molar-refractivity contribution in [3.8, 4) is 5.75 Å². The zero-order valence-corrected chi connectivity index (χ0v) is 11.1. The molecule has 0 spiro atoms. The third kappa shape index (κ3) is 1.95. The fourth-order valence-electron chi connectivity index (χ4n) is 2.32. The van der Waals surface area contributed by atoms with Crippen molar-refractivity contribution < 1.29 is 4.74 Å². The van der Waals surface area contributed by atoms with Crippen molar-refractivity contribution in [2.75, 3.05) is 24.7 Å². The van der Waals surface area contributed by atoms with Crippen LogP contribution in [-0.4, -0.2) is 29.3 Å². The van der Waals surface area contributed by atoms with Gasteiger partial charge in [-0.25, -0.2) is 9.97 Å². The number of hydrogen-bond donors (Lipinski definition) is 3. The van der Waals surface area contributed by atoms with E-state index < -0.39 is 0 Å². The Morgan fingerprint density at radius 2 is 2.25 bits per heavy atom. The second-order valence-corrected chi connectivity index (χ2v) is 4.53. The Balaban J connectivity index is 2.05. The summed E-state index contributed by atoms with van der Waals surface area (Å²) in [6.07, 6.45) is 2.25. The van der Waals surface area contributed by atoms with Crippen LogP contribution in [0.15, 0.2) is 24.5 Å². The largest absolute Gasteiger partial charge is 0.493 e. The molecule has 1 aromatic carbocycles. The third-order valence-corrected chi connectivity index (χ3v) is 3.34. The van der Waals surface area contributed by atoms with Gasteiger partial charge in [0.2, 0.25) is 0 Å². The highest BCUT2D eigenvalue weighted by Gasteiger charge is 2.18. The van der Waals surface area contributed by atoms with E-state index >= 15 is 0 Å². The lowest BCUT2D eigenvalue weighted by Gasteiger charge is -2.12. The fraction of sp³-hybridized carbons (Fsp3) is 0.214. The number of nitrogens with one attached hydrogen (secondary N) is 2. The normalized spacial score (nSPS) is 12.7. The molecule has 2 aromatic rings. The first-order chi connectivity index (χ1) is 9.70. The minimum Gasteiger partial charge on any atom is -0.493 e. The van der Waals surface area contributed by atoms with Crippen LogP contribution >= 0.6 is 0 Å². The van der Waals surface area contributed by atoms with Gasteiger partial charge in [0.05, 0.1) is 17.9 Å². The number of nitrogens with two attached hydrogens (primary N) is 1. The minimum absolute atomic E-state index is 0.297. The van der Waals surface area contributed by atoms with Gasteiger partial charge in [-0.3, -0.25) is 5.41 Å². The molecule has 4 N–H and O–H groups in total. The molecule has 1 aliphatic heterocycles. The van der Waals surface area contributed by atoms with E-state index in [1.807, 2.05) is 18.2 Å². The van der Waals surface area contributed by atoms with Crippen molar-refractivity contribution >= 4 is 17.3 Å². The van der Waals surface area contributed by atoms with Crippen molar-refractivity contribution in [2.24, 2.45) is 0 Å². The van der Waals surface area contributed by atoms with Crippen molar-refractivity contribution in [1.82, 2.24) is 9.97 Å². The zero-order chi connectivity index (χ0) is 14.1. The molecule has 0 fully saturated rings. The molecule has 0 aliphatic carbocycles. The maximum atomic E-state index is 8.38. The fourth-order valence-corrected chi connectivity index (χ4v) is 2.32. The molecule has 0 saturated carbocycles. The van der Waals surface area contributed by atoms with Gasteiger partial charge < -0.3 is 15.8 Å². The molecule has 6 heteroatoms. The van der Waals surface area contributed by atoms with E-state index in [-0.39, 0.29) is 0 Å². The topological polar surface area (TPSA) is 96.9 Å². The van der Waals surface area contributed by atoms with Crippen molar-refractivity contribution in [3.05, 3.63) is 41.2 Å². The molecule has 102 valence electrons. The summed E-state index contributed by atoms with van der Waals surface area (Å²) in [5.74, 6) is 1.75. The molecule has 0 radical (unpaired) electrons. The number of hydrogen-bond acceptors (Lipinski definition) is 6. The molecule has 0 saturated heterocycles. The van der Waals surface area contributed by atoms with Crippen LogP contribution in [0, 0.1) is 5.41 Å². The lowest BCUT2D eigenvalue weighted by Crippen LogP contribution is -2.12. The quantitative estimate of drug-likeness (QED) is 0.733. The van der Waals surface area contributed by atoms with Gasteiger partial charge in [0.25, 0.3) is 0 Å². The van der Waals surface area contributed by atoms with Gasteiger partial charge in [0, 0.05) is 19.0 Å². The summed E-state index contributed by atoms with van der Waals surface area (Å²) >= 11 is 0. The lowest BCUT2D eigenvalue weighted by molar-refractivity contribution is 0.357. The molecule has 3 rings (SSSR count). The van der Waals surface area contributed by atoms with Gasteiger partial charge in [0.1, 0.15) is 23.7 Å². The molecule has 0 amide bonds. The predicted octanol–water partition coefficient (Wildman–Crippen LogP) is 1.45. The van der Waals surface area contributed by atoms with Crippen LogP contribution < -0.4 is 15.8 Å². The highest BCUT2D eigenvalue weighted by Crippen LogP contribution is 2.28. The average molecular weight is 269 g/mol. The van der Waals surface area contributed by atoms with Crippen molar-refractivity contribution in [1.29, 1.82) is 5.41 Å². The molecule has 0 atom stereocenters. The summed E-state index contributed by atoms with van der Waals surface area (Å²) in [6, 6.07) is 5.72. The molecule has 2 heterocycles. The molecule has 0 bridgehead atoms. The predicted molar refractivity (Wildman–Crippen MR) is 77.6 cm³/mol. The number of aromatic nitrogens is 2. The molecule has 20 heavy (non-hydrogen) atoms. The molecule has 0 unspecified atom stereocenters. The summed E-state index contributed by atoms with van der Waals surface area (Å²) in [4.78, 5) is 8.08. The summed E-state index contributed by atoms with van der Waals surface area (Å²) in [5.41, 5.74) is 8.62. The smallest absolute Gasteiger partial charge is 0.140 e. The maximum Gasteiger partial charge on any atom is 0.140 e. The van der Waals surface area contributed by atoms with Crippen molar-refractivity contribution in [3.63, 3.8) is 0 Å².